The van der Waals surface area contributed by atoms with Crippen molar-refractivity contribution >= 4 is 0 Å². The van der Waals surface area contributed by atoms with Gasteiger partial charge in [0.2, 0.25) is 0 Å². The lowest BCUT2D eigenvalue weighted by molar-refractivity contribution is -0.357. The highest BCUT2D eigenvalue weighted by molar-refractivity contribution is 4.93. The monoisotopic (exact) mass is 356 g/mol. The van der Waals surface area contributed by atoms with Crippen LogP contribution in [0.3, 0.4) is 0 Å². The molecule has 2 rings (SSSR count). The van der Waals surface area contributed by atoms with Crippen molar-refractivity contribution in [1.82, 2.24) is 0 Å². The van der Waals surface area contributed by atoms with Gasteiger partial charge in [-0.25, -0.2) is 0 Å². The summed E-state index contributed by atoms with van der Waals surface area (Å²) < 4.78 is 20.6. The molecule has 142 valence electrons. The van der Waals surface area contributed by atoms with Crippen LogP contribution < -0.4 is 0 Å². The molecule has 0 aromatic heterocycles. The van der Waals surface area contributed by atoms with E-state index >= 15 is 0 Å². The summed E-state index contributed by atoms with van der Waals surface area (Å²) in [7, 11) is 1.24. The van der Waals surface area contributed by atoms with Gasteiger partial charge in [0.1, 0.15) is 48.8 Å². The third kappa shape index (κ3) is 3.71. The van der Waals surface area contributed by atoms with Crippen molar-refractivity contribution in [3.05, 3.63) is 0 Å². The van der Waals surface area contributed by atoms with Gasteiger partial charge < -0.3 is 54.7 Å². The molecule has 0 aromatic carbocycles. The summed E-state index contributed by atoms with van der Waals surface area (Å²) in [5.74, 6) is 0. The molecule has 0 spiro atoms. The van der Waals surface area contributed by atoms with E-state index < -0.39 is 74.6 Å². The van der Waals surface area contributed by atoms with Gasteiger partial charge in [-0.1, -0.05) is 0 Å². The Morgan fingerprint density at radius 2 is 1.25 bits per heavy atom. The minimum atomic E-state index is -1.69. The Morgan fingerprint density at radius 1 is 0.708 bits per heavy atom. The largest absolute Gasteiger partial charge is 0.394 e. The van der Waals surface area contributed by atoms with Crippen molar-refractivity contribution in [2.45, 2.75) is 61.4 Å². The Labute approximate surface area is 137 Å². The van der Waals surface area contributed by atoms with E-state index in [2.05, 4.69) is 0 Å². The summed E-state index contributed by atoms with van der Waals surface area (Å²) in [6.07, 6.45) is -14.3. The average Bonchev–Trinajstić information content (AvgIpc) is 2.59. The Morgan fingerprint density at radius 3 is 1.79 bits per heavy atom. The Hall–Kier alpha value is -0.440. The van der Waals surface area contributed by atoms with Gasteiger partial charge in [0.15, 0.2) is 12.6 Å². The smallest absolute Gasteiger partial charge is 0.187 e. The molecule has 24 heavy (non-hydrogen) atoms. The van der Waals surface area contributed by atoms with Crippen LogP contribution in [0.15, 0.2) is 0 Å². The maximum atomic E-state index is 10.2. The van der Waals surface area contributed by atoms with Gasteiger partial charge in [-0.2, -0.15) is 0 Å². The van der Waals surface area contributed by atoms with Crippen LogP contribution in [0.5, 0.6) is 0 Å². The second kappa shape index (κ2) is 8.29. The first-order valence-corrected chi connectivity index (χ1v) is 7.46. The van der Waals surface area contributed by atoms with Gasteiger partial charge in [-0.05, 0) is 0 Å². The predicted octanol–water partition coefficient (Wildman–Crippen LogP) is -4.74. The van der Waals surface area contributed by atoms with Crippen LogP contribution >= 0.6 is 0 Å². The van der Waals surface area contributed by atoms with E-state index in [0.29, 0.717) is 0 Å². The molecule has 2 aliphatic rings. The number of aliphatic hydroxyl groups is 7. The molecule has 11 nitrogen and oxygen atoms in total. The van der Waals surface area contributed by atoms with Crippen molar-refractivity contribution < 1.29 is 54.7 Å². The first kappa shape index (κ1) is 19.9. The molecule has 0 saturated carbocycles. The molecular formula is C13H24O11. The number of methoxy groups -OCH3 is 1. The lowest BCUT2D eigenvalue weighted by Crippen LogP contribution is -2.64. The number of hydrogen-bond donors (Lipinski definition) is 7. The number of ether oxygens (including phenoxy) is 4. The highest BCUT2D eigenvalue weighted by atomic mass is 16.7. The van der Waals surface area contributed by atoms with E-state index in [1.807, 2.05) is 0 Å². The van der Waals surface area contributed by atoms with Gasteiger partial charge in [-0.15, -0.1) is 0 Å². The van der Waals surface area contributed by atoms with E-state index in [1.165, 1.54) is 7.11 Å². The molecule has 2 aliphatic heterocycles. The topological polar surface area (TPSA) is 179 Å². The number of hydrogen-bond acceptors (Lipinski definition) is 11. The van der Waals surface area contributed by atoms with E-state index in [-0.39, 0.29) is 0 Å². The third-order valence-electron chi connectivity index (χ3n) is 4.19. The fraction of sp³-hybridized carbons (Fsp3) is 1.00. The molecule has 2 saturated heterocycles. The Balaban J connectivity index is 2.12. The second-order valence-electron chi connectivity index (χ2n) is 5.74. The molecule has 0 aliphatic carbocycles. The lowest BCUT2D eigenvalue weighted by Gasteiger charge is -2.45. The zero-order valence-electron chi connectivity index (χ0n) is 13.0. The van der Waals surface area contributed by atoms with E-state index in [1.54, 1.807) is 0 Å². The maximum Gasteiger partial charge on any atom is 0.187 e. The summed E-state index contributed by atoms with van der Waals surface area (Å²) in [6.45, 7) is -1.24. The second-order valence-corrected chi connectivity index (χ2v) is 5.74. The van der Waals surface area contributed by atoms with Gasteiger partial charge in [0.25, 0.3) is 0 Å². The number of aliphatic hydroxyl groups excluding tert-OH is 7. The maximum absolute atomic E-state index is 10.2. The van der Waals surface area contributed by atoms with Gasteiger partial charge in [0, 0.05) is 7.11 Å². The summed E-state index contributed by atoms with van der Waals surface area (Å²) in [6, 6.07) is 0. The lowest BCUT2D eigenvalue weighted by atomic mass is 9.97. The number of rotatable bonds is 5. The fourth-order valence-corrected chi connectivity index (χ4v) is 2.75. The molecule has 0 amide bonds. The van der Waals surface area contributed by atoms with Crippen LogP contribution in [0.2, 0.25) is 0 Å². The van der Waals surface area contributed by atoms with Crippen molar-refractivity contribution in [2.24, 2.45) is 0 Å². The third-order valence-corrected chi connectivity index (χ3v) is 4.19. The molecule has 2 heterocycles. The van der Waals surface area contributed by atoms with Crippen LogP contribution in [0.1, 0.15) is 0 Å². The van der Waals surface area contributed by atoms with Crippen molar-refractivity contribution in [3.8, 4) is 0 Å². The molecule has 4 unspecified atom stereocenters. The Kier molecular flexibility index (Phi) is 6.87. The zero-order valence-corrected chi connectivity index (χ0v) is 13.0. The fourth-order valence-electron chi connectivity index (χ4n) is 2.75. The highest BCUT2D eigenvalue weighted by Crippen LogP contribution is 2.29. The van der Waals surface area contributed by atoms with E-state index in [4.69, 9.17) is 24.1 Å². The van der Waals surface area contributed by atoms with Crippen molar-refractivity contribution in [3.63, 3.8) is 0 Å². The minimum absolute atomic E-state index is 0.592. The van der Waals surface area contributed by atoms with Crippen LogP contribution in [-0.4, -0.2) is 117 Å². The summed E-state index contributed by atoms with van der Waals surface area (Å²) in [5, 5.41) is 68.0. The molecule has 7 N–H and O–H groups in total. The van der Waals surface area contributed by atoms with Crippen LogP contribution in [0.4, 0.5) is 0 Å². The van der Waals surface area contributed by atoms with E-state index in [0.717, 1.165) is 0 Å². The average molecular weight is 356 g/mol. The van der Waals surface area contributed by atoms with Gasteiger partial charge >= 0.3 is 0 Å². The van der Waals surface area contributed by atoms with Gasteiger partial charge in [-0.3, -0.25) is 0 Å². The highest BCUT2D eigenvalue weighted by Gasteiger charge is 2.50. The SMILES string of the molecule is CO[C@@H]1OC(CO)[C@@H](O[C@@H]2OC(CO)[C@H](O)[C@@H](O)C2O)[C@@H](O)C1O. The molecule has 11 heteroatoms. The van der Waals surface area contributed by atoms with E-state index in [9.17, 15) is 30.6 Å². The minimum Gasteiger partial charge on any atom is -0.394 e. The zero-order chi connectivity index (χ0) is 18.0. The van der Waals surface area contributed by atoms with Crippen LogP contribution in [0.25, 0.3) is 0 Å². The predicted molar refractivity (Wildman–Crippen MR) is 73.4 cm³/mol. The first-order valence-electron chi connectivity index (χ1n) is 7.46. The molecule has 0 bridgehead atoms. The molecule has 0 aromatic rings. The standard InChI is InChI=1S/C13H24O11/c1-21-12-10(20)8(18)11(5(3-15)23-12)24-13-9(19)7(17)6(16)4(2-14)22-13/h4-20H,2-3H2,1H3/t4?,5?,6-,7+,8-,9?,10?,11+,12+,13-/m0/s1. The quantitative estimate of drug-likeness (QED) is 0.251. The van der Waals surface area contributed by atoms with Crippen LogP contribution in [-0.2, 0) is 18.9 Å². The first-order chi connectivity index (χ1) is 11.3. The molecule has 10 atom stereocenters. The van der Waals surface area contributed by atoms with Crippen LogP contribution in [0, 0.1) is 0 Å². The van der Waals surface area contributed by atoms with Crippen molar-refractivity contribution in [1.29, 1.82) is 0 Å². The summed E-state index contributed by atoms with van der Waals surface area (Å²) in [4.78, 5) is 0. The Bertz CT molecular complexity index is 392. The normalized spacial score (nSPS) is 50.0. The molecular weight excluding hydrogens is 332 g/mol. The molecule has 2 fully saturated rings. The molecule has 0 radical (unpaired) electrons. The summed E-state index contributed by atoms with van der Waals surface area (Å²) in [5.41, 5.74) is 0. The summed E-state index contributed by atoms with van der Waals surface area (Å²) >= 11 is 0. The van der Waals surface area contributed by atoms with Gasteiger partial charge in [0.05, 0.1) is 13.2 Å². The van der Waals surface area contributed by atoms with Crippen molar-refractivity contribution in [2.75, 3.05) is 20.3 Å².